The SMILES string of the molecule is CCOP(=O)(OCC)C1(NCc2ccccc2)CC2CCC1(C)C2(C)C. The lowest BCUT2D eigenvalue weighted by atomic mass is 9.68. The van der Waals surface area contributed by atoms with Gasteiger partial charge >= 0.3 is 7.60 Å². The summed E-state index contributed by atoms with van der Waals surface area (Å²) >= 11 is 0. The average molecular weight is 379 g/mol. The summed E-state index contributed by atoms with van der Waals surface area (Å²) in [6.45, 7) is 12.2. The minimum Gasteiger partial charge on any atom is -0.308 e. The van der Waals surface area contributed by atoms with E-state index in [0.717, 1.165) is 12.8 Å². The van der Waals surface area contributed by atoms with Gasteiger partial charge in [-0.25, -0.2) is 0 Å². The van der Waals surface area contributed by atoms with Crippen molar-refractivity contribution in [3.63, 3.8) is 0 Å². The van der Waals surface area contributed by atoms with Crippen LogP contribution < -0.4 is 5.32 Å². The van der Waals surface area contributed by atoms with Crippen LogP contribution in [-0.4, -0.2) is 18.5 Å². The number of fused-ring (bicyclic) bond motifs is 2. The molecular weight excluding hydrogens is 345 g/mol. The third-order valence-electron chi connectivity index (χ3n) is 7.38. The third-order valence-corrected chi connectivity index (χ3v) is 10.3. The zero-order valence-electron chi connectivity index (χ0n) is 16.9. The maximum atomic E-state index is 14.1. The highest BCUT2D eigenvalue weighted by molar-refractivity contribution is 7.55. The summed E-state index contributed by atoms with van der Waals surface area (Å²) in [5.74, 6) is 0.532. The molecule has 26 heavy (non-hydrogen) atoms. The van der Waals surface area contributed by atoms with Gasteiger partial charge in [0.15, 0.2) is 0 Å². The Morgan fingerprint density at radius 2 is 1.73 bits per heavy atom. The first kappa shape index (κ1) is 20.1. The normalized spacial score (nSPS) is 32.9. The van der Waals surface area contributed by atoms with E-state index in [2.05, 4.69) is 38.2 Å². The van der Waals surface area contributed by atoms with E-state index in [4.69, 9.17) is 9.05 Å². The van der Waals surface area contributed by atoms with E-state index in [-0.39, 0.29) is 10.8 Å². The molecule has 0 aromatic heterocycles. The summed E-state index contributed by atoms with van der Waals surface area (Å²) in [5, 5.41) is 3.09. The predicted octanol–water partition coefficient (Wildman–Crippen LogP) is 5.58. The summed E-state index contributed by atoms with van der Waals surface area (Å²) in [5.41, 5.74) is 1.15. The molecule has 0 spiro atoms. The van der Waals surface area contributed by atoms with E-state index >= 15 is 0 Å². The Bertz CT molecular complexity index is 667. The molecule has 1 aromatic rings. The first-order valence-electron chi connectivity index (χ1n) is 9.94. The first-order valence-corrected chi connectivity index (χ1v) is 11.5. The topological polar surface area (TPSA) is 47.6 Å². The number of rotatable bonds is 8. The highest BCUT2D eigenvalue weighted by Gasteiger charge is 2.75. The van der Waals surface area contributed by atoms with Crippen LogP contribution >= 0.6 is 7.60 Å². The van der Waals surface area contributed by atoms with Crippen LogP contribution in [0.5, 0.6) is 0 Å². The summed E-state index contributed by atoms with van der Waals surface area (Å²) < 4.78 is 26.0. The van der Waals surface area contributed by atoms with Gasteiger partial charge in [-0.1, -0.05) is 51.1 Å². The molecule has 0 radical (unpaired) electrons. The largest absolute Gasteiger partial charge is 0.351 e. The van der Waals surface area contributed by atoms with E-state index in [9.17, 15) is 4.57 Å². The summed E-state index contributed by atoms with van der Waals surface area (Å²) in [6.07, 6.45) is 3.09. The van der Waals surface area contributed by atoms with Crippen molar-refractivity contribution in [2.24, 2.45) is 16.7 Å². The summed E-state index contributed by atoms with van der Waals surface area (Å²) in [6, 6.07) is 10.3. The Labute approximate surface area is 158 Å². The van der Waals surface area contributed by atoms with Gasteiger partial charge < -0.3 is 9.05 Å². The van der Waals surface area contributed by atoms with Gasteiger partial charge in [0, 0.05) is 12.0 Å². The first-order chi connectivity index (χ1) is 12.3. The molecule has 2 aliphatic carbocycles. The molecule has 3 unspecified atom stereocenters. The number of hydrogen-bond donors (Lipinski definition) is 1. The van der Waals surface area contributed by atoms with Crippen LogP contribution in [0, 0.1) is 16.7 Å². The molecule has 1 aromatic carbocycles. The molecule has 2 aliphatic rings. The fraction of sp³-hybridized carbons (Fsp3) is 0.714. The van der Waals surface area contributed by atoms with Gasteiger partial charge in [-0.05, 0) is 50.0 Å². The molecule has 1 N–H and O–H groups in total. The minimum absolute atomic E-state index is 0.0978. The lowest BCUT2D eigenvalue weighted by Crippen LogP contribution is -2.57. The zero-order valence-corrected chi connectivity index (χ0v) is 17.8. The van der Waals surface area contributed by atoms with Crippen molar-refractivity contribution < 1.29 is 13.6 Å². The van der Waals surface area contributed by atoms with Gasteiger partial charge in [0.1, 0.15) is 5.28 Å². The van der Waals surface area contributed by atoms with Crippen molar-refractivity contribution in [1.82, 2.24) is 5.32 Å². The lowest BCUT2D eigenvalue weighted by Gasteiger charge is -2.51. The van der Waals surface area contributed by atoms with Crippen LogP contribution in [0.25, 0.3) is 0 Å². The maximum absolute atomic E-state index is 14.1. The van der Waals surface area contributed by atoms with Crippen LogP contribution in [0.3, 0.4) is 0 Å². The van der Waals surface area contributed by atoms with E-state index in [1.807, 2.05) is 32.0 Å². The van der Waals surface area contributed by atoms with Crippen LogP contribution in [0.15, 0.2) is 30.3 Å². The molecule has 0 heterocycles. The molecule has 3 rings (SSSR count). The van der Waals surface area contributed by atoms with Crippen molar-refractivity contribution in [2.75, 3.05) is 13.2 Å². The second kappa shape index (κ2) is 7.05. The third kappa shape index (κ3) is 2.73. The molecule has 0 saturated heterocycles. The van der Waals surface area contributed by atoms with Gasteiger partial charge in [-0.15, -0.1) is 0 Å². The summed E-state index contributed by atoms with van der Waals surface area (Å²) in [7, 11) is -3.33. The van der Waals surface area contributed by atoms with Crippen molar-refractivity contribution >= 4 is 7.60 Å². The standard InChI is InChI=1S/C21H34NO3P/c1-6-24-26(23,25-7-2)21(22-16-17-11-9-8-10-12-17)15-18-13-14-20(21,5)19(18,3)4/h8-12,18,22H,6-7,13-16H2,1-5H3. The van der Waals surface area contributed by atoms with Gasteiger partial charge in [0.2, 0.25) is 0 Å². The highest BCUT2D eigenvalue weighted by atomic mass is 31.2. The Morgan fingerprint density at radius 3 is 2.19 bits per heavy atom. The quantitative estimate of drug-likeness (QED) is 0.599. The molecule has 2 bridgehead atoms. The Kier molecular flexibility index (Phi) is 5.45. The minimum atomic E-state index is -3.33. The van der Waals surface area contributed by atoms with Crippen LogP contribution in [0.1, 0.15) is 59.4 Å². The Hall–Kier alpha value is -0.670. The van der Waals surface area contributed by atoms with E-state index in [1.54, 1.807) is 0 Å². The van der Waals surface area contributed by atoms with Gasteiger partial charge in [-0.2, -0.15) is 0 Å². The molecular formula is C21H34NO3P. The van der Waals surface area contributed by atoms with Gasteiger partial charge in [0.25, 0.3) is 0 Å². The van der Waals surface area contributed by atoms with Crippen LogP contribution in [0.4, 0.5) is 0 Å². The van der Waals surface area contributed by atoms with Gasteiger partial charge in [-0.3, -0.25) is 9.88 Å². The highest BCUT2D eigenvalue weighted by Crippen LogP contribution is 2.80. The fourth-order valence-corrected chi connectivity index (χ4v) is 8.41. The zero-order chi connectivity index (χ0) is 19.1. The Balaban J connectivity index is 2.04. The fourth-order valence-electron chi connectivity index (χ4n) is 5.50. The second-order valence-electron chi connectivity index (χ2n) is 8.53. The molecule has 3 atom stereocenters. The van der Waals surface area contributed by atoms with Crippen molar-refractivity contribution in [1.29, 1.82) is 0 Å². The summed E-state index contributed by atoms with van der Waals surface area (Å²) in [4.78, 5) is 0. The number of nitrogens with one attached hydrogen (secondary N) is 1. The van der Waals surface area contributed by atoms with Crippen molar-refractivity contribution in [2.45, 2.75) is 65.7 Å². The predicted molar refractivity (Wildman–Crippen MR) is 106 cm³/mol. The monoisotopic (exact) mass is 379 g/mol. The van der Waals surface area contributed by atoms with Crippen LogP contribution in [0.2, 0.25) is 0 Å². The molecule has 5 heteroatoms. The molecule has 2 saturated carbocycles. The van der Waals surface area contributed by atoms with Gasteiger partial charge in [0.05, 0.1) is 13.2 Å². The van der Waals surface area contributed by atoms with Crippen LogP contribution in [-0.2, 0) is 20.2 Å². The number of benzene rings is 1. The Morgan fingerprint density at radius 1 is 1.12 bits per heavy atom. The number of hydrogen-bond acceptors (Lipinski definition) is 4. The van der Waals surface area contributed by atoms with E-state index in [1.165, 1.54) is 12.0 Å². The van der Waals surface area contributed by atoms with E-state index in [0.29, 0.717) is 25.7 Å². The second-order valence-corrected chi connectivity index (χ2v) is 10.8. The molecule has 0 aliphatic heterocycles. The smallest absolute Gasteiger partial charge is 0.308 e. The van der Waals surface area contributed by atoms with E-state index < -0.39 is 12.9 Å². The van der Waals surface area contributed by atoms with Crippen molar-refractivity contribution in [3.8, 4) is 0 Å². The molecule has 0 amide bonds. The molecule has 2 fully saturated rings. The van der Waals surface area contributed by atoms with Crippen molar-refractivity contribution in [3.05, 3.63) is 35.9 Å². The lowest BCUT2D eigenvalue weighted by molar-refractivity contribution is 0.0674. The molecule has 146 valence electrons. The molecule has 4 nitrogen and oxygen atoms in total. The maximum Gasteiger partial charge on any atom is 0.351 e. The average Bonchev–Trinajstić information content (AvgIpc) is 2.93.